The Morgan fingerprint density at radius 2 is 1.81 bits per heavy atom. The van der Waals surface area contributed by atoms with Gasteiger partial charge in [0.1, 0.15) is 0 Å². The minimum atomic E-state index is 0.676. The molecule has 144 valence electrons. The molecule has 1 aromatic carbocycles. The molecular weight excluding hydrogens is 342 g/mol. The molecule has 0 saturated carbocycles. The van der Waals surface area contributed by atoms with Crippen molar-refractivity contribution in [1.29, 1.82) is 0 Å². The molecule has 1 unspecified atom stereocenters. The molecule has 0 bridgehead atoms. The van der Waals surface area contributed by atoms with E-state index in [1.165, 1.54) is 24.0 Å². The van der Waals surface area contributed by atoms with E-state index in [1.54, 1.807) is 20.4 Å². The number of aromatic nitrogens is 3. The van der Waals surface area contributed by atoms with Crippen LogP contribution in [-0.4, -0.2) is 49.0 Å². The maximum absolute atomic E-state index is 5.46. The van der Waals surface area contributed by atoms with Gasteiger partial charge in [-0.05, 0) is 48.4 Å². The van der Waals surface area contributed by atoms with Gasteiger partial charge in [0, 0.05) is 26.2 Å². The molecule has 7 nitrogen and oxygen atoms in total. The van der Waals surface area contributed by atoms with E-state index in [1.807, 2.05) is 0 Å². The molecule has 2 aliphatic rings. The van der Waals surface area contributed by atoms with E-state index < -0.39 is 0 Å². The Bertz CT molecular complexity index is 813. The number of methoxy groups -OCH3 is 2. The van der Waals surface area contributed by atoms with Crippen LogP contribution in [0.15, 0.2) is 18.3 Å². The van der Waals surface area contributed by atoms with Crippen LogP contribution >= 0.6 is 0 Å². The summed E-state index contributed by atoms with van der Waals surface area (Å²) >= 11 is 0. The van der Waals surface area contributed by atoms with Gasteiger partial charge in [-0.25, -0.2) is 0 Å². The number of hydrogen-bond acceptors (Lipinski definition) is 7. The maximum atomic E-state index is 5.46. The fraction of sp³-hybridized carbons (Fsp3) is 0.550. The first-order chi connectivity index (χ1) is 13.2. The predicted molar refractivity (Wildman–Crippen MR) is 105 cm³/mol. The summed E-state index contributed by atoms with van der Waals surface area (Å²) in [7, 11) is 3.35. The first-order valence-corrected chi connectivity index (χ1v) is 9.61. The second-order valence-corrected chi connectivity index (χ2v) is 7.46. The molecule has 7 heteroatoms. The highest BCUT2D eigenvalue weighted by molar-refractivity contribution is 5.52. The quantitative estimate of drug-likeness (QED) is 0.821. The average molecular weight is 369 g/mol. The SMILES string of the molecule is COc1cc2c(cc1OC)CN(c1cnnc(N3CCCC(C)C3)n1)CC2. The van der Waals surface area contributed by atoms with Gasteiger partial charge in [0.15, 0.2) is 17.3 Å². The Kier molecular flexibility index (Phi) is 5.01. The Labute approximate surface area is 160 Å². The number of rotatable bonds is 4. The number of nitrogens with zero attached hydrogens (tertiary/aromatic N) is 5. The van der Waals surface area contributed by atoms with E-state index in [2.05, 4.69) is 39.1 Å². The van der Waals surface area contributed by atoms with Crippen LogP contribution in [-0.2, 0) is 13.0 Å². The molecule has 0 aliphatic carbocycles. The van der Waals surface area contributed by atoms with Crippen LogP contribution in [0, 0.1) is 5.92 Å². The van der Waals surface area contributed by atoms with E-state index in [-0.39, 0.29) is 0 Å². The molecule has 2 aliphatic heterocycles. The molecule has 1 fully saturated rings. The third kappa shape index (κ3) is 3.63. The van der Waals surface area contributed by atoms with Gasteiger partial charge in [0.2, 0.25) is 5.95 Å². The summed E-state index contributed by atoms with van der Waals surface area (Å²) in [6.07, 6.45) is 5.17. The summed E-state index contributed by atoms with van der Waals surface area (Å²) in [5, 5.41) is 8.52. The van der Waals surface area contributed by atoms with Crippen molar-refractivity contribution in [2.45, 2.75) is 32.7 Å². The minimum absolute atomic E-state index is 0.676. The van der Waals surface area contributed by atoms with Gasteiger partial charge in [-0.15, -0.1) is 5.10 Å². The van der Waals surface area contributed by atoms with E-state index >= 15 is 0 Å². The fourth-order valence-electron chi connectivity index (χ4n) is 4.02. The monoisotopic (exact) mass is 369 g/mol. The molecule has 0 amide bonds. The molecule has 1 aromatic heterocycles. The topological polar surface area (TPSA) is 63.6 Å². The van der Waals surface area contributed by atoms with Gasteiger partial charge in [-0.1, -0.05) is 6.92 Å². The van der Waals surface area contributed by atoms with Crippen molar-refractivity contribution in [2.75, 3.05) is 43.7 Å². The highest BCUT2D eigenvalue weighted by Gasteiger charge is 2.23. The van der Waals surface area contributed by atoms with Crippen LogP contribution in [0.5, 0.6) is 11.5 Å². The van der Waals surface area contributed by atoms with Gasteiger partial charge < -0.3 is 19.3 Å². The lowest BCUT2D eigenvalue weighted by atomic mass is 9.99. The smallest absolute Gasteiger partial charge is 0.247 e. The van der Waals surface area contributed by atoms with Crippen molar-refractivity contribution in [3.63, 3.8) is 0 Å². The molecule has 2 aromatic rings. The molecular formula is C20H27N5O2. The largest absolute Gasteiger partial charge is 0.493 e. The summed E-state index contributed by atoms with van der Waals surface area (Å²) in [6, 6.07) is 4.16. The summed E-state index contributed by atoms with van der Waals surface area (Å²) in [5.74, 6) is 3.86. The number of ether oxygens (including phenoxy) is 2. The molecule has 1 atom stereocenters. The van der Waals surface area contributed by atoms with E-state index in [0.717, 1.165) is 55.9 Å². The Morgan fingerprint density at radius 1 is 1.04 bits per heavy atom. The van der Waals surface area contributed by atoms with Crippen LogP contribution in [0.3, 0.4) is 0 Å². The lowest BCUT2D eigenvalue weighted by molar-refractivity contribution is 0.353. The van der Waals surface area contributed by atoms with E-state index in [0.29, 0.717) is 5.92 Å². The first-order valence-electron chi connectivity index (χ1n) is 9.61. The standard InChI is InChI=1S/C20H27N5O2/c1-14-5-4-7-25(12-14)20-22-19(11-21-23-20)24-8-6-15-9-17(26-2)18(27-3)10-16(15)13-24/h9-11,14H,4-8,12-13H2,1-3H3. The third-order valence-electron chi connectivity index (χ3n) is 5.52. The molecule has 1 saturated heterocycles. The van der Waals surface area contributed by atoms with Crippen LogP contribution in [0.25, 0.3) is 0 Å². The Balaban J connectivity index is 1.56. The maximum Gasteiger partial charge on any atom is 0.247 e. The zero-order valence-electron chi connectivity index (χ0n) is 16.3. The Morgan fingerprint density at radius 3 is 2.56 bits per heavy atom. The number of hydrogen-bond donors (Lipinski definition) is 0. The lowest BCUT2D eigenvalue weighted by Gasteiger charge is -2.33. The van der Waals surface area contributed by atoms with Crippen LogP contribution in [0.1, 0.15) is 30.9 Å². The van der Waals surface area contributed by atoms with E-state index in [4.69, 9.17) is 14.5 Å². The van der Waals surface area contributed by atoms with Gasteiger partial charge in [-0.2, -0.15) is 10.1 Å². The molecule has 3 heterocycles. The average Bonchev–Trinajstić information content (AvgIpc) is 2.72. The second-order valence-electron chi connectivity index (χ2n) is 7.46. The second kappa shape index (κ2) is 7.58. The van der Waals surface area contributed by atoms with Crippen LogP contribution in [0.2, 0.25) is 0 Å². The third-order valence-corrected chi connectivity index (χ3v) is 5.52. The van der Waals surface area contributed by atoms with Crippen molar-refractivity contribution in [3.8, 4) is 11.5 Å². The van der Waals surface area contributed by atoms with Crippen molar-refractivity contribution >= 4 is 11.8 Å². The molecule has 27 heavy (non-hydrogen) atoms. The zero-order valence-corrected chi connectivity index (χ0v) is 16.3. The predicted octanol–water partition coefficient (Wildman–Crippen LogP) is 2.69. The van der Waals surface area contributed by atoms with Crippen molar-refractivity contribution in [2.24, 2.45) is 5.92 Å². The van der Waals surface area contributed by atoms with Crippen molar-refractivity contribution in [1.82, 2.24) is 15.2 Å². The fourth-order valence-corrected chi connectivity index (χ4v) is 4.02. The van der Waals surface area contributed by atoms with Crippen LogP contribution < -0.4 is 19.3 Å². The molecule has 0 radical (unpaired) electrons. The lowest BCUT2D eigenvalue weighted by Crippen LogP contribution is -2.36. The summed E-state index contributed by atoms with van der Waals surface area (Å²) in [6.45, 7) is 5.98. The molecule has 0 spiro atoms. The normalized spacial score (nSPS) is 19.6. The number of fused-ring (bicyclic) bond motifs is 1. The number of piperidine rings is 1. The number of anilines is 2. The summed E-state index contributed by atoms with van der Waals surface area (Å²) < 4.78 is 10.9. The Hall–Kier alpha value is -2.57. The van der Waals surface area contributed by atoms with Crippen molar-refractivity contribution in [3.05, 3.63) is 29.5 Å². The molecule has 0 N–H and O–H groups in total. The van der Waals surface area contributed by atoms with Crippen molar-refractivity contribution < 1.29 is 9.47 Å². The summed E-state index contributed by atoms with van der Waals surface area (Å²) in [4.78, 5) is 9.35. The summed E-state index contributed by atoms with van der Waals surface area (Å²) in [5.41, 5.74) is 2.54. The van der Waals surface area contributed by atoms with Crippen LogP contribution in [0.4, 0.5) is 11.8 Å². The van der Waals surface area contributed by atoms with E-state index in [9.17, 15) is 0 Å². The van der Waals surface area contributed by atoms with Gasteiger partial charge in [-0.3, -0.25) is 0 Å². The molecule has 4 rings (SSSR count). The minimum Gasteiger partial charge on any atom is -0.493 e. The van der Waals surface area contributed by atoms with Gasteiger partial charge in [0.25, 0.3) is 0 Å². The van der Waals surface area contributed by atoms with Gasteiger partial charge in [0.05, 0.1) is 20.4 Å². The zero-order chi connectivity index (χ0) is 18.8. The number of benzene rings is 1. The van der Waals surface area contributed by atoms with Gasteiger partial charge >= 0.3 is 0 Å². The highest BCUT2D eigenvalue weighted by Crippen LogP contribution is 2.34. The first kappa shape index (κ1) is 17.8. The highest BCUT2D eigenvalue weighted by atomic mass is 16.5.